The first-order valence-corrected chi connectivity index (χ1v) is 8.77. The van der Waals surface area contributed by atoms with Crippen molar-refractivity contribution in [3.05, 3.63) is 52.5 Å². The fourth-order valence-corrected chi connectivity index (χ4v) is 3.03. The Morgan fingerprint density at radius 1 is 1.29 bits per heavy atom. The molecule has 0 saturated carbocycles. The molecule has 3 rings (SSSR count). The second kappa shape index (κ2) is 7.49. The fraction of sp³-hybridized carbons (Fsp3) is 0.333. The summed E-state index contributed by atoms with van der Waals surface area (Å²) in [5, 5.41) is 4.16. The highest BCUT2D eigenvalue weighted by Gasteiger charge is 2.10. The third-order valence-electron chi connectivity index (χ3n) is 3.64. The standard InChI is InChI=1S/C18H21N3O2S/c1-12(2)16-11-19-17(23-16)9-8-13-10-20-18(24-13)21-14-6-4-5-7-15(14)22-3/h4,6,8-12H,5,7H2,1-3H3,(H,20,21)/b9-8+. The molecule has 0 radical (unpaired) electrons. The van der Waals surface area contributed by atoms with E-state index in [0.717, 1.165) is 40.1 Å². The largest absolute Gasteiger partial charge is 0.499 e. The quantitative estimate of drug-likeness (QED) is 0.796. The summed E-state index contributed by atoms with van der Waals surface area (Å²) in [6.45, 7) is 4.16. The van der Waals surface area contributed by atoms with E-state index in [9.17, 15) is 0 Å². The average Bonchev–Trinajstić information content (AvgIpc) is 3.23. The lowest BCUT2D eigenvalue weighted by atomic mass is 10.1. The summed E-state index contributed by atoms with van der Waals surface area (Å²) in [6, 6.07) is 0. The molecule has 0 aromatic carbocycles. The number of anilines is 1. The van der Waals surface area contributed by atoms with Gasteiger partial charge in [-0.2, -0.15) is 0 Å². The molecule has 24 heavy (non-hydrogen) atoms. The topological polar surface area (TPSA) is 60.2 Å². The lowest BCUT2D eigenvalue weighted by Crippen LogP contribution is -2.05. The van der Waals surface area contributed by atoms with Crippen molar-refractivity contribution in [3.8, 4) is 0 Å². The van der Waals surface area contributed by atoms with Crippen LogP contribution in [0.15, 0.2) is 40.4 Å². The fourth-order valence-electron chi connectivity index (χ4n) is 2.30. The highest BCUT2D eigenvalue weighted by atomic mass is 32.1. The molecule has 2 heterocycles. The van der Waals surface area contributed by atoms with Crippen molar-refractivity contribution in [2.75, 3.05) is 12.4 Å². The van der Waals surface area contributed by atoms with Gasteiger partial charge in [-0.05, 0) is 18.6 Å². The van der Waals surface area contributed by atoms with Gasteiger partial charge in [-0.3, -0.25) is 0 Å². The Morgan fingerprint density at radius 2 is 2.17 bits per heavy atom. The maximum atomic E-state index is 5.66. The first kappa shape index (κ1) is 16.5. The molecule has 1 aliphatic rings. The highest BCUT2D eigenvalue weighted by molar-refractivity contribution is 7.16. The van der Waals surface area contributed by atoms with Gasteiger partial charge in [0.25, 0.3) is 0 Å². The summed E-state index contributed by atoms with van der Waals surface area (Å²) in [6.07, 6.45) is 13.5. The Kier molecular flexibility index (Phi) is 5.15. The number of hydrogen-bond acceptors (Lipinski definition) is 6. The minimum Gasteiger partial charge on any atom is -0.499 e. The predicted octanol–water partition coefficient (Wildman–Crippen LogP) is 5.04. The van der Waals surface area contributed by atoms with Gasteiger partial charge in [-0.1, -0.05) is 31.3 Å². The van der Waals surface area contributed by atoms with Crippen molar-refractivity contribution in [3.63, 3.8) is 0 Å². The third kappa shape index (κ3) is 3.94. The van der Waals surface area contributed by atoms with Crippen LogP contribution in [-0.2, 0) is 4.74 Å². The average molecular weight is 343 g/mol. The van der Waals surface area contributed by atoms with Crippen molar-refractivity contribution in [1.82, 2.24) is 9.97 Å². The van der Waals surface area contributed by atoms with Crippen LogP contribution in [0.3, 0.4) is 0 Å². The van der Waals surface area contributed by atoms with E-state index in [1.807, 2.05) is 24.4 Å². The minimum atomic E-state index is 0.339. The molecule has 0 atom stereocenters. The van der Waals surface area contributed by atoms with Gasteiger partial charge < -0.3 is 14.5 Å². The zero-order valence-corrected chi connectivity index (χ0v) is 14.9. The van der Waals surface area contributed by atoms with Crippen LogP contribution in [0.25, 0.3) is 12.2 Å². The third-order valence-corrected chi connectivity index (χ3v) is 4.51. The molecule has 1 aliphatic carbocycles. The maximum absolute atomic E-state index is 5.66. The highest BCUT2D eigenvalue weighted by Crippen LogP contribution is 2.26. The van der Waals surface area contributed by atoms with Crippen molar-refractivity contribution in [2.45, 2.75) is 32.6 Å². The van der Waals surface area contributed by atoms with E-state index in [2.05, 4.69) is 35.2 Å². The summed E-state index contributed by atoms with van der Waals surface area (Å²) in [4.78, 5) is 9.69. The molecular weight excluding hydrogens is 322 g/mol. The molecule has 0 unspecified atom stereocenters. The molecule has 5 nitrogen and oxygen atoms in total. The summed E-state index contributed by atoms with van der Waals surface area (Å²) < 4.78 is 11.1. The molecular formula is C18H21N3O2S. The van der Waals surface area contributed by atoms with Gasteiger partial charge >= 0.3 is 0 Å². The number of nitrogens with zero attached hydrogens (tertiary/aromatic N) is 2. The molecule has 0 amide bonds. The molecule has 2 aromatic rings. The van der Waals surface area contributed by atoms with Crippen LogP contribution >= 0.6 is 11.3 Å². The number of ether oxygens (including phenoxy) is 1. The number of methoxy groups -OCH3 is 1. The summed E-state index contributed by atoms with van der Waals surface area (Å²) >= 11 is 1.57. The monoisotopic (exact) mass is 343 g/mol. The minimum absolute atomic E-state index is 0.339. The van der Waals surface area contributed by atoms with Gasteiger partial charge in [0.1, 0.15) is 11.5 Å². The molecule has 126 valence electrons. The van der Waals surface area contributed by atoms with Crippen molar-refractivity contribution in [2.24, 2.45) is 0 Å². The Morgan fingerprint density at radius 3 is 2.92 bits per heavy atom. The lowest BCUT2D eigenvalue weighted by Gasteiger charge is -2.14. The lowest BCUT2D eigenvalue weighted by molar-refractivity contribution is 0.273. The SMILES string of the molecule is COC1=C(Nc2ncc(/C=C/c3ncc(C(C)C)o3)s2)C=CCC1. The van der Waals surface area contributed by atoms with Crippen molar-refractivity contribution in [1.29, 1.82) is 0 Å². The van der Waals surface area contributed by atoms with Crippen LogP contribution in [0, 0.1) is 0 Å². The number of thiazole rings is 1. The Bertz CT molecular complexity index is 784. The van der Waals surface area contributed by atoms with E-state index in [0.29, 0.717) is 11.8 Å². The van der Waals surface area contributed by atoms with Crippen LogP contribution in [0.2, 0.25) is 0 Å². The Labute approximate surface area is 145 Å². The smallest absolute Gasteiger partial charge is 0.218 e. The molecule has 0 fully saturated rings. The summed E-state index contributed by atoms with van der Waals surface area (Å²) in [5.41, 5.74) is 0.975. The van der Waals surface area contributed by atoms with E-state index in [1.165, 1.54) is 0 Å². The number of rotatable bonds is 6. The van der Waals surface area contributed by atoms with Crippen LogP contribution in [0.5, 0.6) is 0 Å². The number of allylic oxidation sites excluding steroid dienone is 3. The normalized spacial score (nSPS) is 14.8. The van der Waals surface area contributed by atoms with Crippen LogP contribution in [0.1, 0.15) is 49.1 Å². The van der Waals surface area contributed by atoms with Gasteiger partial charge in [-0.25, -0.2) is 9.97 Å². The van der Waals surface area contributed by atoms with Crippen LogP contribution < -0.4 is 5.32 Å². The molecule has 1 N–H and O–H groups in total. The molecule has 2 aromatic heterocycles. The van der Waals surface area contributed by atoms with Gasteiger partial charge in [0.05, 0.1) is 19.0 Å². The van der Waals surface area contributed by atoms with E-state index in [-0.39, 0.29) is 0 Å². The van der Waals surface area contributed by atoms with Gasteiger partial charge in [0, 0.05) is 29.5 Å². The second-order valence-corrected chi connectivity index (χ2v) is 6.83. The van der Waals surface area contributed by atoms with Crippen molar-refractivity contribution >= 4 is 28.6 Å². The number of nitrogens with one attached hydrogen (secondary N) is 1. The second-order valence-electron chi connectivity index (χ2n) is 5.76. The number of oxazole rings is 1. The van der Waals surface area contributed by atoms with Gasteiger partial charge in [-0.15, -0.1) is 0 Å². The number of aromatic nitrogens is 2. The maximum Gasteiger partial charge on any atom is 0.218 e. The first-order valence-electron chi connectivity index (χ1n) is 7.96. The Balaban J connectivity index is 1.68. The molecule has 0 saturated heterocycles. The zero-order chi connectivity index (χ0) is 16.9. The van der Waals surface area contributed by atoms with Crippen LogP contribution in [-0.4, -0.2) is 17.1 Å². The van der Waals surface area contributed by atoms with Gasteiger partial charge in [0.15, 0.2) is 5.13 Å². The Hall–Kier alpha value is -2.34. The van der Waals surface area contributed by atoms with Crippen LogP contribution in [0.4, 0.5) is 5.13 Å². The molecule has 0 spiro atoms. The summed E-state index contributed by atoms with van der Waals surface area (Å²) in [5.74, 6) is 2.81. The van der Waals surface area contributed by atoms with E-state index in [1.54, 1.807) is 24.6 Å². The van der Waals surface area contributed by atoms with Gasteiger partial charge in [0.2, 0.25) is 5.89 Å². The number of hydrogen-bond donors (Lipinski definition) is 1. The molecule has 0 aliphatic heterocycles. The summed E-state index contributed by atoms with van der Waals surface area (Å²) in [7, 11) is 1.70. The van der Waals surface area contributed by atoms with Crippen molar-refractivity contribution < 1.29 is 9.15 Å². The molecule has 0 bridgehead atoms. The molecule has 6 heteroatoms. The zero-order valence-electron chi connectivity index (χ0n) is 14.1. The van der Waals surface area contributed by atoms with E-state index < -0.39 is 0 Å². The van der Waals surface area contributed by atoms with E-state index in [4.69, 9.17) is 9.15 Å². The van der Waals surface area contributed by atoms with E-state index >= 15 is 0 Å². The first-order chi connectivity index (χ1) is 11.7. The predicted molar refractivity (Wildman–Crippen MR) is 97.7 cm³/mol.